The van der Waals surface area contributed by atoms with E-state index in [2.05, 4.69) is 4.90 Å². The van der Waals surface area contributed by atoms with Crippen molar-refractivity contribution in [3.05, 3.63) is 0 Å². The molecule has 6 heteroatoms. The monoisotopic (exact) mass is 231 g/mol. The lowest BCUT2D eigenvalue weighted by Crippen LogP contribution is -2.56. The molecule has 15 heavy (non-hydrogen) atoms. The molecule has 0 radical (unpaired) electrons. The van der Waals surface area contributed by atoms with Crippen LogP contribution in [-0.2, 0) is 10.0 Å². The van der Waals surface area contributed by atoms with Gasteiger partial charge >= 0.3 is 0 Å². The third-order valence-electron chi connectivity index (χ3n) is 2.97. The number of sulfonamides is 1. The molecule has 86 valence electrons. The summed E-state index contributed by atoms with van der Waals surface area (Å²) in [6, 6.07) is 2.10. The van der Waals surface area contributed by atoms with Gasteiger partial charge in [0.25, 0.3) is 0 Å². The summed E-state index contributed by atoms with van der Waals surface area (Å²) in [7, 11) is -1.39. The minimum atomic E-state index is -3.38. The van der Waals surface area contributed by atoms with Crippen molar-refractivity contribution in [1.29, 1.82) is 5.26 Å². The molecule has 0 saturated carbocycles. The van der Waals surface area contributed by atoms with Gasteiger partial charge in [-0.25, -0.2) is 8.42 Å². The van der Waals surface area contributed by atoms with Crippen LogP contribution in [-0.4, -0.2) is 55.6 Å². The fourth-order valence-corrected chi connectivity index (χ4v) is 2.99. The summed E-state index contributed by atoms with van der Waals surface area (Å²) < 4.78 is 24.8. The van der Waals surface area contributed by atoms with E-state index >= 15 is 0 Å². The summed E-state index contributed by atoms with van der Waals surface area (Å²) in [6.45, 7) is 4.94. The first kappa shape index (κ1) is 12.4. The Morgan fingerprint density at radius 1 is 1.33 bits per heavy atom. The number of likely N-dealkylation sites (N-methyl/N-ethyl adjacent to an activating group) is 1. The number of piperazine rings is 1. The summed E-state index contributed by atoms with van der Waals surface area (Å²) in [5.74, 6) is -0.420. The predicted octanol–water partition coefficient (Wildman–Crippen LogP) is -0.136. The molecule has 1 fully saturated rings. The molecule has 1 aliphatic heterocycles. The van der Waals surface area contributed by atoms with Crippen LogP contribution in [0.3, 0.4) is 0 Å². The van der Waals surface area contributed by atoms with E-state index in [0.717, 1.165) is 0 Å². The number of hydrogen-bond donors (Lipinski definition) is 0. The molecule has 0 aromatic rings. The Morgan fingerprint density at radius 3 is 2.20 bits per heavy atom. The molecule has 1 saturated heterocycles. The van der Waals surface area contributed by atoms with E-state index < -0.39 is 15.8 Å². The molecule has 0 aromatic heterocycles. The van der Waals surface area contributed by atoms with Gasteiger partial charge in [0.1, 0.15) is 0 Å². The van der Waals surface area contributed by atoms with E-state index in [4.69, 9.17) is 5.26 Å². The highest BCUT2D eigenvalue weighted by Crippen LogP contribution is 2.16. The average molecular weight is 231 g/mol. The van der Waals surface area contributed by atoms with Crippen LogP contribution in [0.25, 0.3) is 0 Å². The highest BCUT2D eigenvalue weighted by atomic mass is 32.2. The Morgan fingerprint density at radius 2 is 1.80 bits per heavy atom. The highest BCUT2D eigenvalue weighted by Gasteiger charge is 2.33. The van der Waals surface area contributed by atoms with E-state index in [0.29, 0.717) is 13.1 Å². The minimum absolute atomic E-state index is 0.196. The van der Waals surface area contributed by atoms with Crippen LogP contribution < -0.4 is 0 Å². The highest BCUT2D eigenvalue weighted by molar-refractivity contribution is 7.89. The van der Waals surface area contributed by atoms with Gasteiger partial charge < -0.3 is 0 Å². The van der Waals surface area contributed by atoms with Gasteiger partial charge in [0, 0.05) is 25.2 Å². The SMILES string of the molecule is CC1CN(S(=O)(=O)CC#N)CC(C)N1C. The van der Waals surface area contributed by atoms with Crippen molar-refractivity contribution < 1.29 is 8.42 Å². The fourth-order valence-electron chi connectivity index (χ4n) is 1.76. The lowest BCUT2D eigenvalue weighted by Gasteiger charge is -2.41. The first-order valence-electron chi connectivity index (χ1n) is 4.95. The summed E-state index contributed by atoms with van der Waals surface area (Å²) in [6.07, 6.45) is 0. The van der Waals surface area contributed by atoms with Gasteiger partial charge in [-0.2, -0.15) is 9.57 Å². The van der Waals surface area contributed by atoms with E-state index in [9.17, 15) is 8.42 Å². The topological polar surface area (TPSA) is 64.4 Å². The molecule has 0 aliphatic carbocycles. The zero-order valence-corrected chi connectivity index (χ0v) is 10.2. The van der Waals surface area contributed by atoms with Gasteiger partial charge in [0.15, 0.2) is 5.75 Å². The van der Waals surface area contributed by atoms with Crippen LogP contribution in [0.15, 0.2) is 0 Å². The third-order valence-corrected chi connectivity index (χ3v) is 4.55. The maximum Gasteiger partial charge on any atom is 0.227 e. The number of hydrogen-bond acceptors (Lipinski definition) is 4. The van der Waals surface area contributed by atoms with Crippen LogP contribution >= 0.6 is 0 Å². The Hall–Kier alpha value is -0.640. The molecule has 1 rings (SSSR count). The van der Waals surface area contributed by atoms with Crippen LogP contribution in [0.2, 0.25) is 0 Å². The molecule has 2 atom stereocenters. The summed E-state index contributed by atoms with van der Waals surface area (Å²) in [5, 5.41) is 8.45. The second-order valence-corrected chi connectivity index (χ2v) is 6.06. The van der Waals surface area contributed by atoms with E-state index in [1.54, 1.807) is 6.07 Å². The molecule has 0 amide bonds. The Labute approximate surface area is 91.3 Å². The third kappa shape index (κ3) is 2.68. The van der Waals surface area contributed by atoms with E-state index in [-0.39, 0.29) is 12.1 Å². The predicted molar refractivity (Wildman–Crippen MR) is 57.7 cm³/mol. The first-order valence-corrected chi connectivity index (χ1v) is 6.56. The molecule has 0 spiro atoms. The Bertz CT molecular complexity index is 348. The van der Waals surface area contributed by atoms with Gasteiger partial charge in [0.05, 0.1) is 6.07 Å². The van der Waals surface area contributed by atoms with E-state index in [1.165, 1.54) is 4.31 Å². The van der Waals surface area contributed by atoms with Crippen LogP contribution in [0.4, 0.5) is 0 Å². The van der Waals surface area contributed by atoms with Crippen molar-refractivity contribution >= 4 is 10.0 Å². The zero-order chi connectivity index (χ0) is 11.6. The molecule has 1 heterocycles. The Balaban J connectivity index is 2.79. The molecule has 1 aliphatic rings. The van der Waals surface area contributed by atoms with Crippen molar-refractivity contribution in [2.45, 2.75) is 25.9 Å². The van der Waals surface area contributed by atoms with Gasteiger partial charge in [-0.05, 0) is 20.9 Å². The average Bonchev–Trinajstić information content (AvgIpc) is 2.13. The summed E-state index contributed by atoms with van der Waals surface area (Å²) in [5.41, 5.74) is 0. The van der Waals surface area contributed by atoms with Crippen molar-refractivity contribution in [2.24, 2.45) is 0 Å². The van der Waals surface area contributed by atoms with Crippen molar-refractivity contribution in [3.8, 4) is 6.07 Å². The number of nitriles is 1. The first-order chi connectivity index (χ1) is 6.88. The van der Waals surface area contributed by atoms with Gasteiger partial charge in [-0.3, -0.25) is 4.90 Å². The van der Waals surface area contributed by atoms with Crippen LogP contribution in [0, 0.1) is 11.3 Å². The molecule has 0 bridgehead atoms. The van der Waals surface area contributed by atoms with Gasteiger partial charge in [0.2, 0.25) is 10.0 Å². The lowest BCUT2D eigenvalue weighted by molar-refractivity contribution is 0.105. The van der Waals surface area contributed by atoms with Crippen LogP contribution in [0.1, 0.15) is 13.8 Å². The van der Waals surface area contributed by atoms with Crippen molar-refractivity contribution in [1.82, 2.24) is 9.21 Å². The summed E-state index contributed by atoms with van der Waals surface area (Å²) >= 11 is 0. The molecule has 0 aromatic carbocycles. The largest absolute Gasteiger partial charge is 0.298 e. The Kier molecular flexibility index (Phi) is 3.71. The normalized spacial score (nSPS) is 30.0. The van der Waals surface area contributed by atoms with Crippen molar-refractivity contribution in [2.75, 3.05) is 25.9 Å². The second-order valence-electron chi connectivity index (χ2n) is 4.09. The molecule has 2 unspecified atom stereocenters. The number of nitrogens with zero attached hydrogens (tertiary/aromatic N) is 3. The molecule has 0 N–H and O–H groups in total. The quantitative estimate of drug-likeness (QED) is 0.664. The van der Waals surface area contributed by atoms with Crippen molar-refractivity contribution in [3.63, 3.8) is 0 Å². The van der Waals surface area contributed by atoms with E-state index in [1.807, 2.05) is 20.9 Å². The maximum atomic E-state index is 11.7. The van der Waals surface area contributed by atoms with Crippen LogP contribution in [0.5, 0.6) is 0 Å². The molecular weight excluding hydrogens is 214 g/mol. The summed E-state index contributed by atoms with van der Waals surface area (Å²) in [4.78, 5) is 2.15. The standard InChI is InChI=1S/C9H17N3O2S/c1-8-6-12(7-9(2)11(8)3)15(13,14)5-4-10/h8-9H,5-7H2,1-3H3. The van der Waals surface area contributed by atoms with Gasteiger partial charge in [-0.15, -0.1) is 0 Å². The maximum absolute atomic E-state index is 11.7. The fraction of sp³-hybridized carbons (Fsp3) is 0.889. The minimum Gasteiger partial charge on any atom is -0.298 e. The zero-order valence-electron chi connectivity index (χ0n) is 9.34. The smallest absolute Gasteiger partial charge is 0.227 e. The molecular formula is C9H17N3O2S. The van der Waals surface area contributed by atoms with Gasteiger partial charge in [-0.1, -0.05) is 0 Å². The number of rotatable bonds is 2. The lowest BCUT2D eigenvalue weighted by atomic mass is 10.1. The molecule has 5 nitrogen and oxygen atoms in total. The second kappa shape index (κ2) is 4.47.